The molecule has 1 aromatic heterocycles. The first-order valence-corrected chi connectivity index (χ1v) is 6.86. The second-order valence-electron chi connectivity index (χ2n) is 3.80. The highest BCUT2D eigenvalue weighted by molar-refractivity contribution is 8.00. The van der Waals surface area contributed by atoms with Crippen LogP contribution in [0.4, 0.5) is 33.6 Å². The van der Waals surface area contributed by atoms with Crippen LogP contribution in [0.1, 0.15) is 13.3 Å². The molecular weight excluding hydrogens is 301 g/mol. The predicted molar refractivity (Wildman–Crippen MR) is 69.9 cm³/mol. The van der Waals surface area contributed by atoms with Gasteiger partial charge in [-0.25, -0.2) is 13.8 Å². The van der Waals surface area contributed by atoms with E-state index in [1.54, 1.807) is 0 Å². The number of hydrogen-bond acceptors (Lipinski definition) is 4. The largest absolute Gasteiger partial charge is 0.441 e. The molecule has 0 saturated carbocycles. The molecule has 0 saturated heterocycles. The smallest absolute Gasteiger partial charge is 0.368 e. The highest BCUT2D eigenvalue weighted by Gasteiger charge is 2.27. The Morgan fingerprint density at radius 1 is 1.10 bits per heavy atom. The average molecular weight is 315 g/mol. The molecule has 3 nitrogen and oxygen atoms in total. The second kappa shape index (κ2) is 7.51. The van der Waals surface area contributed by atoms with E-state index in [-0.39, 0.29) is 35.7 Å². The van der Waals surface area contributed by atoms with Gasteiger partial charge in [-0.15, -0.1) is 0 Å². The van der Waals surface area contributed by atoms with Crippen molar-refractivity contribution in [2.45, 2.75) is 18.9 Å². The summed E-state index contributed by atoms with van der Waals surface area (Å²) in [5, 5.41) is 5.08. The number of pyridine rings is 1. The van der Waals surface area contributed by atoms with Gasteiger partial charge in [0.2, 0.25) is 0 Å². The molecule has 0 aliphatic rings. The van der Waals surface area contributed by atoms with Crippen LogP contribution in [0.5, 0.6) is 0 Å². The normalized spacial score (nSPS) is 11.5. The highest BCUT2D eigenvalue weighted by atomic mass is 32.2. The lowest BCUT2D eigenvalue weighted by molar-refractivity contribution is -0.0327. The number of nitrogens with zero attached hydrogens (tertiary/aromatic N) is 1. The van der Waals surface area contributed by atoms with Crippen molar-refractivity contribution in [3.8, 4) is 0 Å². The summed E-state index contributed by atoms with van der Waals surface area (Å²) in [6.07, 6.45) is 0.726. The number of rotatable bonds is 7. The minimum atomic E-state index is -4.33. The lowest BCUT2D eigenvalue weighted by Crippen LogP contribution is -2.13. The van der Waals surface area contributed by atoms with E-state index >= 15 is 0 Å². The number of nitrogens with one attached hydrogen (secondary N) is 2. The van der Waals surface area contributed by atoms with Crippen LogP contribution in [0.2, 0.25) is 0 Å². The van der Waals surface area contributed by atoms with Crippen LogP contribution in [0.15, 0.2) is 6.07 Å². The van der Waals surface area contributed by atoms with E-state index in [0.29, 0.717) is 12.6 Å². The zero-order valence-electron chi connectivity index (χ0n) is 10.7. The number of thioether (sulfide) groups is 1. The SMILES string of the molecule is CCCNc1nc(NCCSC(F)(F)F)c(F)cc1F. The Labute approximate surface area is 117 Å². The third kappa shape index (κ3) is 5.81. The first-order valence-electron chi connectivity index (χ1n) is 5.88. The molecule has 0 atom stereocenters. The van der Waals surface area contributed by atoms with Gasteiger partial charge in [0, 0.05) is 24.9 Å². The van der Waals surface area contributed by atoms with Crippen molar-refractivity contribution in [3.05, 3.63) is 17.7 Å². The van der Waals surface area contributed by atoms with Gasteiger partial charge in [-0.2, -0.15) is 13.2 Å². The maximum Gasteiger partial charge on any atom is 0.441 e. The van der Waals surface area contributed by atoms with Gasteiger partial charge in [-0.3, -0.25) is 0 Å². The number of alkyl halides is 3. The molecule has 1 rings (SSSR count). The Morgan fingerprint density at radius 2 is 1.65 bits per heavy atom. The number of halogens is 5. The van der Waals surface area contributed by atoms with Crippen LogP contribution < -0.4 is 10.6 Å². The maximum absolute atomic E-state index is 13.4. The van der Waals surface area contributed by atoms with Gasteiger partial charge in [0.15, 0.2) is 23.3 Å². The fraction of sp³-hybridized carbons (Fsp3) is 0.545. The Hall–Kier alpha value is -1.25. The van der Waals surface area contributed by atoms with Crippen molar-refractivity contribution in [2.75, 3.05) is 29.5 Å². The Bertz CT molecular complexity index is 439. The Morgan fingerprint density at radius 3 is 2.15 bits per heavy atom. The lowest BCUT2D eigenvalue weighted by atomic mass is 10.3. The van der Waals surface area contributed by atoms with E-state index in [9.17, 15) is 22.0 Å². The minimum Gasteiger partial charge on any atom is -0.368 e. The minimum absolute atomic E-state index is 0.126. The van der Waals surface area contributed by atoms with Gasteiger partial charge in [-0.05, 0) is 18.2 Å². The maximum atomic E-state index is 13.4. The van der Waals surface area contributed by atoms with Crippen LogP contribution in [0, 0.1) is 11.6 Å². The van der Waals surface area contributed by atoms with Crippen molar-refractivity contribution in [1.29, 1.82) is 0 Å². The lowest BCUT2D eigenvalue weighted by Gasteiger charge is -2.11. The van der Waals surface area contributed by atoms with Crippen LogP contribution in [0.3, 0.4) is 0 Å². The molecule has 0 aliphatic carbocycles. The van der Waals surface area contributed by atoms with E-state index < -0.39 is 17.1 Å². The third-order valence-corrected chi connectivity index (χ3v) is 2.87. The molecule has 0 unspecified atom stereocenters. The standard InChI is InChI=1S/C11H14F5N3S/c1-2-3-17-9-7(12)6-8(13)10(19-9)18-4-5-20-11(14,15)16/h6H,2-5H2,1H3,(H2,17,18,19). The van der Waals surface area contributed by atoms with Crippen molar-refractivity contribution in [2.24, 2.45) is 0 Å². The molecule has 0 fully saturated rings. The first-order chi connectivity index (χ1) is 9.33. The van der Waals surface area contributed by atoms with Gasteiger partial charge in [-0.1, -0.05) is 6.92 Å². The summed E-state index contributed by atoms with van der Waals surface area (Å²) >= 11 is -0.223. The van der Waals surface area contributed by atoms with Gasteiger partial charge in [0.25, 0.3) is 0 Å². The molecule has 0 aliphatic heterocycles. The van der Waals surface area contributed by atoms with E-state index in [4.69, 9.17) is 0 Å². The first kappa shape index (κ1) is 16.8. The zero-order chi connectivity index (χ0) is 15.2. The summed E-state index contributed by atoms with van der Waals surface area (Å²) in [4.78, 5) is 3.68. The highest BCUT2D eigenvalue weighted by Crippen LogP contribution is 2.29. The quantitative estimate of drug-likeness (QED) is 0.592. The molecule has 0 radical (unpaired) electrons. The van der Waals surface area contributed by atoms with Crippen molar-refractivity contribution in [1.82, 2.24) is 4.98 Å². The number of aromatic nitrogens is 1. The summed E-state index contributed by atoms with van der Waals surface area (Å²) in [6, 6.07) is 0.643. The molecule has 0 amide bonds. The monoisotopic (exact) mass is 315 g/mol. The Balaban J connectivity index is 2.60. The van der Waals surface area contributed by atoms with Crippen LogP contribution in [0.25, 0.3) is 0 Å². The predicted octanol–water partition coefficient (Wildman–Crippen LogP) is 3.85. The second-order valence-corrected chi connectivity index (χ2v) is 4.96. The van der Waals surface area contributed by atoms with E-state index in [2.05, 4.69) is 15.6 Å². The van der Waals surface area contributed by atoms with E-state index in [0.717, 1.165) is 6.42 Å². The van der Waals surface area contributed by atoms with Crippen LogP contribution in [-0.4, -0.2) is 29.3 Å². The molecule has 114 valence electrons. The number of hydrogen-bond donors (Lipinski definition) is 2. The van der Waals surface area contributed by atoms with E-state index in [1.807, 2.05) is 6.92 Å². The fourth-order valence-corrected chi connectivity index (χ4v) is 1.73. The van der Waals surface area contributed by atoms with Crippen molar-refractivity contribution in [3.63, 3.8) is 0 Å². The molecule has 0 bridgehead atoms. The molecular formula is C11H14F5N3S. The van der Waals surface area contributed by atoms with Crippen LogP contribution >= 0.6 is 11.8 Å². The van der Waals surface area contributed by atoms with Gasteiger partial charge in [0.05, 0.1) is 0 Å². The van der Waals surface area contributed by atoms with E-state index in [1.165, 1.54) is 0 Å². The van der Waals surface area contributed by atoms with Crippen LogP contribution in [-0.2, 0) is 0 Å². The molecule has 2 N–H and O–H groups in total. The summed E-state index contributed by atoms with van der Waals surface area (Å²) in [5.74, 6) is -2.47. The third-order valence-electron chi connectivity index (χ3n) is 2.13. The molecule has 0 spiro atoms. The molecule has 0 aromatic carbocycles. The summed E-state index contributed by atoms with van der Waals surface area (Å²) < 4.78 is 62.5. The molecule has 20 heavy (non-hydrogen) atoms. The van der Waals surface area contributed by atoms with Crippen molar-refractivity contribution >= 4 is 23.4 Å². The molecule has 9 heteroatoms. The number of anilines is 2. The zero-order valence-corrected chi connectivity index (χ0v) is 11.5. The summed E-state index contributed by atoms with van der Waals surface area (Å²) in [6.45, 7) is 2.19. The van der Waals surface area contributed by atoms with Gasteiger partial charge >= 0.3 is 5.51 Å². The average Bonchev–Trinajstić information content (AvgIpc) is 2.34. The molecule has 1 heterocycles. The van der Waals surface area contributed by atoms with Gasteiger partial charge in [0.1, 0.15) is 0 Å². The fourth-order valence-electron chi connectivity index (χ4n) is 1.29. The topological polar surface area (TPSA) is 37.0 Å². The summed E-state index contributed by atoms with van der Waals surface area (Å²) in [7, 11) is 0. The Kier molecular flexibility index (Phi) is 6.31. The molecule has 1 aromatic rings. The van der Waals surface area contributed by atoms with Gasteiger partial charge < -0.3 is 10.6 Å². The summed E-state index contributed by atoms with van der Waals surface area (Å²) in [5.41, 5.74) is -4.33. The van der Waals surface area contributed by atoms with Crippen molar-refractivity contribution < 1.29 is 22.0 Å².